The molecule has 0 radical (unpaired) electrons. The Morgan fingerprint density at radius 1 is 0.947 bits per heavy atom. The van der Waals surface area contributed by atoms with E-state index in [-0.39, 0.29) is 0 Å². The van der Waals surface area contributed by atoms with Gasteiger partial charge in [-0.05, 0) is 24.9 Å². The summed E-state index contributed by atoms with van der Waals surface area (Å²) in [6.07, 6.45) is 4.50. The van der Waals surface area contributed by atoms with Gasteiger partial charge in [-0.25, -0.2) is 0 Å². The summed E-state index contributed by atoms with van der Waals surface area (Å²) in [7, 11) is -1.15. The highest BCUT2D eigenvalue weighted by Crippen LogP contribution is 2.05. The molecule has 0 saturated heterocycles. The van der Waals surface area contributed by atoms with Gasteiger partial charge >= 0.3 is 0 Å². The first-order valence-electron chi connectivity index (χ1n) is 7.45. The number of aliphatic hydroxyl groups excluding tert-OH is 1. The van der Waals surface area contributed by atoms with Crippen molar-refractivity contribution in [3.8, 4) is 0 Å². The Bertz CT molecular complexity index is 343. The van der Waals surface area contributed by atoms with Crippen LogP contribution in [0.3, 0.4) is 0 Å². The lowest BCUT2D eigenvalue weighted by Gasteiger charge is -2.16. The molecule has 0 aromatic heterocycles. The molecule has 0 heterocycles. The number of aliphatic hydroxyl groups is 1. The van der Waals surface area contributed by atoms with Crippen LogP contribution in [0.2, 0.25) is 19.6 Å². The third-order valence-corrected chi connectivity index (χ3v) is 5.48. The number of hydrogen-bond acceptors (Lipinski definition) is 2. The highest BCUT2D eigenvalue weighted by atomic mass is 28.3. The Balaban J connectivity index is 2.20. The summed E-state index contributed by atoms with van der Waals surface area (Å²) < 4.78 is 0. The predicted molar refractivity (Wildman–Crippen MR) is 86.7 cm³/mol. The molecule has 0 spiro atoms. The molecule has 0 fully saturated rings. The van der Waals surface area contributed by atoms with Gasteiger partial charge in [-0.2, -0.15) is 0 Å². The van der Waals surface area contributed by atoms with E-state index in [4.69, 9.17) is 5.11 Å². The van der Waals surface area contributed by atoms with E-state index in [0.29, 0.717) is 6.61 Å². The third kappa shape index (κ3) is 6.90. The molecular weight excluding hydrogens is 250 g/mol. The largest absolute Gasteiger partial charge is 0.396 e. The maximum atomic E-state index is 8.68. The van der Waals surface area contributed by atoms with Crippen molar-refractivity contribution in [2.45, 2.75) is 51.9 Å². The Labute approximate surface area is 119 Å². The first-order chi connectivity index (χ1) is 9.04. The van der Waals surface area contributed by atoms with E-state index in [1.165, 1.54) is 23.6 Å². The van der Waals surface area contributed by atoms with Crippen molar-refractivity contribution in [2.75, 3.05) is 13.2 Å². The normalized spacial score (nSPS) is 11.8. The molecule has 0 unspecified atom stereocenters. The van der Waals surface area contributed by atoms with E-state index >= 15 is 0 Å². The van der Waals surface area contributed by atoms with E-state index < -0.39 is 8.07 Å². The molecule has 0 saturated carbocycles. The van der Waals surface area contributed by atoms with Gasteiger partial charge in [-0.1, -0.05) is 61.9 Å². The SMILES string of the molecule is C[Si](C)(C)c1ccc(CNCCCCCCO)cc1. The van der Waals surface area contributed by atoms with Crippen molar-refractivity contribution in [1.29, 1.82) is 0 Å². The zero-order chi connectivity index (χ0) is 14.1. The maximum Gasteiger partial charge on any atom is 0.0775 e. The number of benzene rings is 1. The van der Waals surface area contributed by atoms with Gasteiger partial charge in [0, 0.05) is 13.2 Å². The summed E-state index contributed by atoms with van der Waals surface area (Å²) in [5.41, 5.74) is 1.37. The van der Waals surface area contributed by atoms with Crippen LogP contribution in [0.25, 0.3) is 0 Å². The fourth-order valence-corrected chi connectivity index (χ4v) is 3.24. The van der Waals surface area contributed by atoms with Crippen LogP contribution in [-0.4, -0.2) is 26.3 Å². The zero-order valence-electron chi connectivity index (χ0n) is 12.7. The van der Waals surface area contributed by atoms with Gasteiger partial charge in [0.2, 0.25) is 0 Å². The monoisotopic (exact) mass is 279 g/mol. The number of unbranched alkanes of at least 4 members (excludes halogenated alkanes) is 3. The van der Waals surface area contributed by atoms with Crippen molar-refractivity contribution in [1.82, 2.24) is 5.32 Å². The summed E-state index contributed by atoms with van der Waals surface area (Å²) in [6.45, 7) is 9.51. The van der Waals surface area contributed by atoms with Crippen molar-refractivity contribution in [2.24, 2.45) is 0 Å². The van der Waals surface area contributed by atoms with Gasteiger partial charge in [-0.3, -0.25) is 0 Å². The third-order valence-electron chi connectivity index (χ3n) is 3.41. The first-order valence-corrected chi connectivity index (χ1v) is 10.9. The Kier molecular flexibility index (Phi) is 7.35. The molecule has 108 valence electrons. The maximum absolute atomic E-state index is 8.68. The second kappa shape index (κ2) is 8.51. The lowest BCUT2D eigenvalue weighted by atomic mass is 10.2. The van der Waals surface area contributed by atoms with Crippen LogP contribution in [-0.2, 0) is 6.54 Å². The van der Waals surface area contributed by atoms with Gasteiger partial charge in [0.25, 0.3) is 0 Å². The predicted octanol–water partition coefficient (Wildman–Crippen LogP) is 2.87. The van der Waals surface area contributed by atoms with Gasteiger partial charge in [0.15, 0.2) is 0 Å². The summed E-state index contributed by atoms with van der Waals surface area (Å²) >= 11 is 0. The van der Waals surface area contributed by atoms with Crippen molar-refractivity contribution in [3.05, 3.63) is 29.8 Å². The fourth-order valence-electron chi connectivity index (χ4n) is 2.07. The molecule has 1 aromatic rings. The zero-order valence-corrected chi connectivity index (χ0v) is 13.7. The molecule has 0 aliphatic heterocycles. The number of rotatable bonds is 9. The van der Waals surface area contributed by atoms with Crippen LogP contribution in [0.15, 0.2) is 24.3 Å². The molecule has 0 bridgehead atoms. The minimum Gasteiger partial charge on any atom is -0.396 e. The van der Waals surface area contributed by atoms with Crippen molar-refractivity contribution >= 4 is 13.3 Å². The van der Waals surface area contributed by atoms with Crippen LogP contribution < -0.4 is 10.5 Å². The Morgan fingerprint density at radius 3 is 2.16 bits per heavy atom. The highest BCUT2D eigenvalue weighted by Gasteiger charge is 2.15. The molecular formula is C16H29NOSi. The van der Waals surface area contributed by atoms with E-state index in [2.05, 4.69) is 49.2 Å². The second-order valence-electron chi connectivity index (χ2n) is 6.26. The van der Waals surface area contributed by atoms with E-state index in [9.17, 15) is 0 Å². The van der Waals surface area contributed by atoms with Crippen LogP contribution in [0.1, 0.15) is 31.2 Å². The lowest BCUT2D eigenvalue weighted by molar-refractivity contribution is 0.282. The lowest BCUT2D eigenvalue weighted by Crippen LogP contribution is -2.37. The minimum atomic E-state index is -1.15. The molecule has 0 aliphatic carbocycles. The topological polar surface area (TPSA) is 32.3 Å². The Hall–Kier alpha value is -0.643. The minimum absolute atomic E-state index is 0.330. The Morgan fingerprint density at radius 2 is 1.58 bits per heavy atom. The molecule has 19 heavy (non-hydrogen) atoms. The number of hydrogen-bond donors (Lipinski definition) is 2. The van der Waals surface area contributed by atoms with E-state index in [1.807, 2.05) is 0 Å². The molecule has 0 atom stereocenters. The number of nitrogens with one attached hydrogen (secondary N) is 1. The molecule has 0 amide bonds. The van der Waals surface area contributed by atoms with Crippen LogP contribution >= 0.6 is 0 Å². The summed E-state index contributed by atoms with van der Waals surface area (Å²) in [4.78, 5) is 0. The molecule has 1 rings (SSSR count). The second-order valence-corrected chi connectivity index (χ2v) is 11.3. The molecule has 2 nitrogen and oxygen atoms in total. The molecule has 2 N–H and O–H groups in total. The summed E-state index contributed by atoms with van der Waals surface area (Å²) in [6, 6.07) is 9.10. The highest BCUT2D eigenvalue weighted by molar-refractivity contribution is 6.88. The quantitative estimate of drug-likeness (QED) is 0.538. The van der Waals surface area contributed by atoms with Gasteiger partial charge < -0.3 is 10.4 Å². The standard InChI is InChI=1S/C16H29NOSi/c1-19(2,3)16-10-8-15(9-11-16)14-17-12-6-4-5-7-13-18/h8-11,17-18H,4-7,12-14H2,1-3H3. The summed E-state index contributed by atoms with van der Waals surface area (Å²) in [5.74, 6) is 0. The van der Waals surface area contributed by atoms with Crippen LogP contribution in [0, 0.1) is 0 Å². The van der Waals surface area contributed by atoms with Crippen molar-refractivity contribution < 1.29 is 5.11 Å². The van der Waals surface area contributed by atoms with E-state index in [0.717, 1.165) is 25.9 Å². The van der Waals surface area contributed by atoms with E-state index in [1.54, 1.807) is 0 Å². The molecule has 1 aromatic carbocycles. The first kappa shape index (κ1) is 16.4. The van der Waals surface area contributed by atoms with Crippen LogP contribution in [0.4, 0.5) is 0 Å². The van der Waals surface area contributed by atoms with Crippen LogP contribution in [0.5, 0.6) is 0 Å². The smallest absolute Gasteiger partial charge is 0.0775 e. The van der Waals surface area contributed by atoms with Gasteiger partial charge in [-0.15, -0.1) is 0 Å². The average molecular weight is 279 g/mol. The fraction of sp³-hybridized carbons (Fsp3) is 0.625. The van der Waals surface area contributed by atoms with Crippen molar-refractivity contribution in [3.63, 3.8) is 0 Å². The average Bonchev–Trinajstić information content (AvgIpc) is 2.37. The molecule has 0 aliphatic rings. The summed E-state index contributed by atoms with van der Waals surface area (Å²) in [5, 5.41) is 13.7. The van der Waals surface area contributed by atoms with Gasteiger partial charge in [0.05, 0.1) is 8.07 Å². The van der Waals surface area contributed by atoms with Gasteiger partial charge in [0.1, 0.15) is 0 Å². The molecule has 3 heteroatoms.